The van der Waals surface area contributed by atoms with Gasteiger partial charge in [0.05, 0.1) is 13.0 Å². The summed E-state index contributed by atoms with van der Waals surface area (Å²) >= 11 is 0. The number of ether oxygens (including phenoxy) is 1. The van der Waals surface area contributed by atoms with Gasteiger partial charge in [-0.2, -0.15) is 0 Å². The number of methoxy groups -OCH3 is 1. The van der Waals surface area contributed by atoms with Gasteiger partial charge in [-0.05, 0) is 25.7 Å². The summed E-state index contributed by atoms with van der Waals surface area (Å²) < 4.78 is 4.79. The third-order valence-electron chi connectivity index (χ3n) is 3.66. The Morgan fingerprint density at radius 3 is 2.87 bits per heavy atom. The van der Waals surface area contributed by atoms with Crippen molar-refractivity contribution in [2.45, 2.75) is 32.2 Å². The molecule has 0 radical (unpaired) electrons. The highest BCUT2D eigenvalue weighted by Crippen LogP contribution is 2.41. The quantitative estimate of drug-likeness (QED) is 0.635. The topological polar surface area (TPSA) is 46.6 Å². The van der Waals surface area contributed by atoms with E-state index in [2.05, 4.69) is 0 Å². The van der Waals surface area contributed by atoms with Crippen LogP contribution in [0.4, 0.5) is 0 Å². The van der Waals surface area contributed by atoms with E-state index in [1.165, 1.54) is 7.11 Å². The Kier molecular flexibility index (Phi) is 2.67. The van der Waals surface area contributed by atoms with Gasteiger partial charge in [0, 0.05) is 19.0 Å². The molecule has 4 heteroatoms. The van der Waals surface area contributed by atoms with Crippen molar-refractivity contribution in [1.29, 1.82) is 0 Å². The maximum Gasteiger partial charge on any atom is 0.310 e. The molecule has 2 aliphatic rings. The molecule has 1 amide bonds. The molecule has 0 aromatic heterocycles. The van der Waals surface area contributed by atoms with Gasteiger partial charge in [0.1, 0.15) is 0 Å². The molecule has 2 bridgehead atoms. The van der Waals surface area contributed by atoms with Crippen molar-refractivity contribution >= 4 is 11.9 Å². The highest BCUT2D eigenvalue weighted by Gasteiger charge is 2.47. The van der Waals surface area contributed by atoms with Crippen LogP contribution in [0.2, 0.25) is 0 Å². The fraction of sp³-hybridized carbons (Fsp3) is 0.818. The van der Waals surface area contributed by atoms with Gasteiger partial charge in [-0.3, -0.25) is 9.59 Å². The van der Waals surface area contributed by atoms with Crippen LogP contribution in [-0.4, -0.2) is 36.5 Å². The number of carbonyl (C=O) groups excluding carboxylic acids is 2. The van der Waals surface area contributed by atoms with Gasteiger partial charge in [0.25, 0.3) is 0 Å². The molecule has 1 saturated carbocycles. The van der Waals surface area contributed by atoms with Crippen LogP contribution in [0, 0.1) is 11.8 Å². The van der Waals surface area contributed by atoms with Gasteiger partial charge in [-0.25, -0.2) is 0 Å². The lowest BCUT2D eigenvalue weighted by Crippen LogP contribution is -2.46. The second-order valence-corrected chi connectivity index (χ2v) is 4.42. The minimum Gasteiger partial charge on any atom is -0.469 e. The zero-order valence-electron chi connectivity index (χ0n) is 9.23. The molecule has 2 rings (SSSR count). The number of hydrogen-bond acceptors (Lipinski definition) is 3. The number of amides is 1. The Balaban J connectivity index is 2.18. The molecule has 2 fully saturated rings. The molecule has 1 saturated heterocycles. The molecule has 0 unspecified atom stereocenters. The van der Waals surface area contributed by atoms with E-state index in [9.17, 15) is 9.59 Å². The third-order valence-corrected chi connectivity index (χ3v) is 3.66. The molecular weight excluding hydrogens is 194 g/mol. The summed E-state index contributed by atoms with van der Waals surface area (Å²) in [5.74, 6) is 0.349. The van der Waals surface area contributed by atoms with Crippen LogP contribution in [0.3, 0.4) is 0 Å². The first kappa shape index (κ1) is 10.5. The molecule has 15 heavy (non-hydrogen) atoms. The summed E-state index contributed by atoms with van der Waals surface area (Å²) in [6.45, 7) is 2.66. The Bertz CT molecular complexity index is 290. The number of nitrogens with zero attached hydrogens (tertiary/aromatic N) is 1. The number of piperidine rings is 1. The molecule has 4 nitrogen and oxygen atoms in total. The van der Waals surface area contributed by atoms with Gasteiger partial charge < -0.3 is 9.64 Å². The molecule has 0 spiro atoms. The van der Waals surface area contributed by atoms with Crippen LogP contribution in [0.25, 0.3) is 0 Å². The lowest BCUT2D eigenvalue weighted by atomic mass is 9.98. The zero-order chi connectivity index (χ0) is 11.0. The second-order valence-electron chi connectivity index (χ2n) is 4.42. The summed E-state index contributed by atoms with van der Waals surface area (Å²) in [5.41, 5.74) is 0. The van der Waals surface area contributed by atoms with Gasteiger partial charge in [-0.1, -0.05) is 0 Å². The van der Waals surface area contributed by atoms with Crippen LogP contribution < -0.4 is 0 Å². The van der Waals surface area contributed by atoms with Crippen molar-refractivity contribution in [1.82, 2.24) is 4.90 Å². The standard InChI is InChI=1S/C11H17NO3/c1-3-12-9-5-7(6-10(12)13)4-8(9)11(14)15-2/h7-9H,3-6H2,1-2H3/t7-,8+,9-/m0/s1. The third kappa shape index (κ3) is 1.62. The first-order chi connectivity index (χ1) is 7.17. The van der Waals surface area contributed by atoms with Crippen molar-refractivity contribution < 1.29 is 14.3 Å². The van der Waals surface area contributed by atoms with E-state index >= 15 is 0 Å². The number of likely N-dealkylation sites (tertiary alicyclic amines) is 1. The van der Waals surface area contributed by atoms with Crippen molar-refractivity contribution in [3.8, 4) is 0 Å². The van der Waals surface area contributed by atoms with Crippen LogP contribution >= 0.6 is 0 Å². The van der Waals surface area contributed by atoms with Gasteiger partial charge >= 0.3 is 5.97 Å². The van der Waals surface area contributed by atoms with Crippen LogP contribution in [-0.2, 0) is 14.3 Å². The number of fused-ring (bicyclic) bond motifs is 2. The normalized spacial score (nSPS) is 34.4. The molecule has 3 atom stereocenters. The Morgan fingerprint density at radius 1 is 1.53 bits per heavy atom. The number of rotatable bonds is 2. The van der Waals surface area contributed by atoms with E-state index in [0.717, 1.165) is 12.8 Å². The molecule has 0 N–H and O–H groups in total. The average Bonchev–Trinajstić information content (AvgIpc) is 2.56. The van der Waals surface area contributed by atoms with E-state index in [1.54, 1.807) is 0 Å². The van der Waals surface area contributed by atoms with E-state index < -0.39 is 0 Å². The summed E-state index contributed by atoms with van der Waals surface area (Å²) in [4.78, 5) is 25.1. The van der Waals surface area contributed by atoms with Crippen molar-refractivity contribution in [3.63, 3.8) is 0 Å². The molecular formula is C11H17NO3. The fourth-order valence-corrected chi connectivity index (χ4v) is 2.99. The highest BCUT2D eigenvalue weighted by atomic mass is 16.5. The van der Waals surface area contributed by atoms with Crippen molar-refractivity contribution in [2.24, 2.45) is 11.8 Å². The zero-order valence-corrected chi connectivity index (χ0v) is 9.23. The number of esters is 1. The number of carbonyl (C=O) groups is 2. The minimum atomic E-state index is -0.157. The Labute approximate surface area is 89.6 Å². The van der Waals surface area contributed by atoms with Gasteiger partial charge in [0.15, 0.2) is 0 Å². The predicted molar refractivity (Wildman–Crippen MR) is 54.0 cm³/mol. The largest absolute Gasteiger partial charge is 0.469 e. The summed E-state index contributed by atoms with van der Waals surface area (Å²) in [6.07, 6.45) is 2.40. The van der Waals surface area contributed by atoms with Gasteiger partial charge in [0.2, 0.25) is 5.91 Å². The fourth-order valence-electron chi connectivity index (χ4n) is 2.99. The molecule has 1 heterocycles. The van der Waals surface area contributed by atoms with Crippen molar-refractivity contribution in [3.05, 3.63) is 0 Å². The molecule has 1 aliphatic carbocycles. The average molecular weight is 211 g/mol. The first-order valence-electron chi connectivity index (χ1n) is 5.54. The summed E-state index contributed by atoms with van der Waals surface area (Å²) in [7, 11) is 1.42. The second kappa shape index (κ2) is 3.83. The SMILES string of the molecule is CCN1C(=O)C[C@H]2C[C@@H](C(=O)OC)[C@@H]1C2. The van der Waals surface area contributed by atoms with Gasteiger partial charge in [-0.15, -0.1) is 0 Å². The van der Waals surface area contributed by atoms with Crippen LogP contribution in [0.5, 0.6) is 0 Å². The van der Waals surface area contributed by atoms with E-state index in [0.29, 0.717) is 18.9 Å². The Morgan fingerprint density at radius 2 is 2.27 bits per heavy atom. The summed E-state index contributed by atoms with van der Waals surface area (Å²) in [6, 6.07) is 0.0914. The molecule has 0 aromatic carbocycles. The lowest BCUT2D eigenvalue weighted by Gasteiger charge is -2.33. The van der Waals surface area contributed by atoms with E-state index in [4.69, 9.17) is 4.74 Å². The van der Waals surface area contributed by atoms with Crippen LogP contribution in [0.15, 0.2) is 0 Å². The maximum atomic E-state index is 11.7. The lowest BCUT2D eigenvalue weighted by molar-refractivity contribution is -0.148. The Hall–Kier alpha value is -1.06. The minimum absolute atomic E-state index is 0.0913. The molecule has 1 aliphatic heterocycles. The van der Waals surface area contributed by atoms with E-state index in [1.807, 2.05) is 11.8 Å². The maximum absolute atomic E-state index is 11.7. The number of hydrogen-bond donors (Lipinski definition) is 0. The van der Waals surface area contributed by atoms with Crippen molar-refractivity contribution in [2.75, 3.05) is 13.7 Å². The molecule has 0 aromatic rings. The molecule has 84 valence electrons. The predicted octanol–water partition coefficient (Wildman–Crippen LogP) is 0.806. The highest BCUT2D eigenvalue weighted by molar-refractivity contribution is 5.81. The summed E-state index contributed by atoms with van der Waals surface area (Å²) in [5, 5.41) is 0. The smallest absolute Gasteiger partial charge is 0.310 e. The van der Waals surface area contributed by atoms with Crippen LogP contribution in [0.1, 0.15) is 26.2 Å². The first-order valence-corrected chi connectivity index (χ1v) is 5.54. The monoisotopic (exact) mass is 211 g/mol. The van der Waals surface area contributed by atoms with E-state index in [-0.39, 0.29) is 23.8 Å².